The molecule has 1 heterocycles. The lowest BCUT2D eigenvalue weighted by atomic mass is 9.90. The van der Waals surface area contributed by atoms with E-state index in [2.05, 4.69) is 134 Å². The van der Waals surface area contributed by atoms with Crippen molar-refractivity contribution in [2.24, 2.45) is 0 Å². The molecule has 1 aliphatic rings. The van der Waals surface area contributed by atoms with Crippen LogP contribution in [0.15, 0.2) is 72.8 Å². The normalized spacial score (nSPS) is 17.6. The molecule has 4 rings (SSSR count). The second-order valence-electron chi connectivity index (χ2n) is 18.0. The number of ether oxygens (including phenoxy) is 2. The van der Waals surface area contributed by atoms with E-state index in [4.69, 9.17) is 18.3 Å². The van der Waals surface area contributed by atoms with Gasteiger partial charge in [-0.15, -0.1) is 0 Å². The molecule has 1 amide bonds. The van der Waals surface area contributed by atoms with Gasteiger partial charge in [-0.2, -0.15) is 0 Å². The molecule has 0 bridgehead atoms. The largest absolute Gasteiger partial charge is 0.489 e. The Labute approximate surface area is 305 Å². The highest BCUT2D eigenvalue weighted by Gasteiger charge is 2.44. The molecule has 6 nitrogen and oxygen atoms in total. The van der Waals surface area contributed by atoms with Gasteiger partial charge in [0.1, 0.15) is 18.0 Å². The molecule has 3 aromatic carbocycles. The molecule has 0 N–H and O–H groups in total. The molecule has 0 saturated carbocycles. The third-order valence-electron chi connectivity index (χ3n) is 10.9. The number of carbonyl (C=O) groups excluding carboxylic acids is 1. The first kappa shape index (κ1) is 39.9. The van der Waals surface area contributed by atoms with Crippen LogP contribution in [0.25, 0.3) is 11.1 Å². The summed E-state index contributed by atoms with van der Waals surface area (Å²) in [7, 11) is -4.09. The van der Waals surface area contributed by atoms with Crippen LogP contribution in [0.4, 0.5) is 4.79 Å². The third-order valence-corrected chi connectivity index (χ3v) is 19.8. The van der Waals surface area contributed by atoms with Gasteiger partial charge in [0.2, 0.25) is 0 Å². The Morgan fingerprint density at radius 3 is 1.96 bits per heavy atom. The van der Waals surface area contributed by atoms with Crippen LogP contribution >= 0.6 is 0 Å². The molecule has 2 atom stereocenters. The number of hydrogen-bond acceptors (Lipinski definition) is 5. The number of carbonyl (C=O) groups is 1. The Kier molecular flexibility index (Phi) is 12.2. The van der Waals surface area contributed by atoms with Gasteiger partial charge in [0.15, 0.2) is 16.6 Å². The van der Waals surface area contributed by atoms with Gasteiger partial charge in [-0.05, 0) is 109 Å². The minimum absolute atomic E-state index is 0.0532. The molecule has 50 heavy (non-hydrogen) atoms. The Balaban J connectivity index is 1.68. The number of hydrogen-bond donors (Lipinski definition) is 0. The Bertz CT molecular complexity index is 1580. The van der Waals surface area contributed by atoms with Crippen LogP contribution in [-0.2, 0) is 26.8 Å². The molecule has 0 spiro atoms. The van der Waals surface area contributed by atoms with E-state index in [-0.39, 0.29) is 28.1 Å². The van der Waals surface area contributed by atoms with E-state index in [1.54, 1.807) is 0 Å². The van der Waals surface area contributed by atoms with E-state index in [0.717, 1.165) is 28.9 Å². The Hall–Kier alpha value is -2.92. The summed E-state index contributed by atoms with van der Waals surface area (Å²) in [4.78, 5) is 15.5. The van der Waals surface area contributed by atoms with Gasteiger partial charge in [0.25, 0.3) is 0 Å². The van der Waals surface area contributed by atoms with E-state index in [1.807, 2.05) is 31.7 Å². The molecule has 0 aliphatic carbocycles. The number of rotatable bonds is 11. The van der Waals surface area contributed by atoms with Crippen molar-refractivity contribution in [1.82, 2.24) is 4.90 Å². The zero-order valence-corrected chi connectivity index (χ0v) is 35.1. The molecule has 1 saturated heterocycles. The Morgan fingerprint density at radius 1 is 0.720 bits per heavy atom. The minimum atomic E-state index is -2.09. The minimum Gasteiger partial charge on any atom is -0.489 e. The molecule has 1 aliphatic heterocycles. The molecule has 8 heteroatoms. The van der Waals surface area contributed by atoms with Crippen LogP contribution in [0.3, 0.4) is 0 Å². The van der Waals surface area contributed by atoms with Gasteiger partial charge in [-0.1, -0.05) is 96.1 Å². The fourth-order valence-corrected chi connectivity index (χ4v) is 7.67. The summed E-state index contributed by atoms with van der Waals surface area (Å²) in [5.41, 5.74) is 5.10. The second kappa shape index (κ2) is 15.4. The van der Waals surface area contributed by atoms with E-state index in [1.165, 1.54) is 11.1 Å². The molecule has 0 radical (unpaired) electrons. The number of amides is 1. The molecule has 1 fully saturated rings. The van der Waals surface area contributed by atoms with E-state index in [9.17, 15) is 4.79 Å². The van der Waals surface area contributed by atoms with Crippen LogP contribution in [0.1, 0.15) is 91.3 Å². The fourth-order valence-electron chi connectivity index (χ4n) is 5.69. The highest BCUT2D eigenvalue weighted by Crippen LogP contribution is 2.41. The summed E-state index contributed by atoms with van der Waals surface area (Å²) in [6.45, 7) is 30.5. The van der Waals surface area contributed by atoms with Gasteiger partial charge in [0, 0.05) is 12.5 Å². The number of likely N-dealkylation sites (tertiary alicyclic amines) is 1. The smallest absolute Gasteiger partial charge is 0.410 e. The van der Waals surface area contributed by atoms with Crippen molar-refractivity contribution >= 4 is 22.7 Å². The van der Waals surface area contributed by atoms with Crippen LogP contribution in [0, 0.1) is 0 Å². The summed E-state index contributed by atoms with van der Waals surface area (Å²) >= 11 is 0. The summed E-state index contributed by atoms with van der Waals surface area (Å²) in [6.07, 6.45) is 0.534. The van der Waals surface area contributed by atoms with Gasteiger partial charge in [-0.25, -0.2) is 4.79 Å². The van der Waals surface area contributed by atoms with Gasteiger partial charge in [0.05, 0.1) is 19.3 Å². The van der Waals surface area contributed by atoms with Gasteiger partial charge in [-0.3, -0.25) is 0 Å². The molecule has 3 aromatic rings. The lowest BCUT2D eigenvalue weighted by Gasteiger charge is -2.39. The lowest BCUT2D eigenvalue weighted by molar-refractivity contribution is 0.0171. The van der Waals surface area contributed by atoms with Crippen LogP contribution in [-0.4, -0.2) is 52.4 Å². The Morgan fingerprint density at radius 2 is 1.34 bits per heavy atom. The maximum Gasteiger partial charge on any atom is 0.410 e. The second-order valence-corrected chi connectivity index (χ2v) is 27.6. The highest BCUT2D eigenvalue weighted by atomic mass is 28.4. The molecule has 0 aromatic heterocycles. The van der Waals surface area contributed by atoms with Crippen molar-refractivity contribution in [2.45, 2.75) is 136 Å². The van der Waals surface area contributed by atoms with E-state index >= 15 is 0 Å². The summed E-state index contributed by atoms with van der Waals surface area (Å²) in [5, 5.41) is 0.150. The quantitative estimate of drug-likeness (QED) is 0.185. The average molecular weight is 718 g/mol. The SMILES string of the molecule is CC(C)(C)OC(=O)N1CC[C@H](c2cc(CO[Si](C)(C)C(C)(C)C)cc(OCc3cccc(-c4ccccc4)c3)c2)[C@H]1CO[Si](C)(C)C(C)(C)C. The number of nitrogens with zero attached hydrogens (tertiary/aromatic N) is 1. The lowest BCUT2D eigenvalue weighted by Crippen LogP contribution is -2.48. The van der Waals surface area contributed by atoms with Crippen molar-refractivity contribution in [2.75, 3.05) is 13.2 Å². The monoisotopic (exact) mass is 717 g/mol. The van der Waals surface area contributed by atoms with Crippen molar-refractivity contribution in [3.8, 4) is 16.9 Å². The zero-order chi connectivity index (χ0) is 37.1. The topological polar surface area (TPSA) is 57.2 Å². The van der Waals surface area contributed by atoms with Gasteiger partial charge >= 0.3 is 6.09 Å². The van der Waals surface area contributed by atoms with E-state index in [0.29, 0.717) is 26.4 Å². The van der Waals surface area contributed by atoms with E-state index < -0.39 is 22.2 Å². The average Bonchev–Trinajstić information content (AvgIpc) is 3.45. The fraction of sp³-hybridized carbons (Fsp3) is 0.548. The van der Waals surface area contributed by atoms with Crippen LogP contribution < -0.4 is 4.74 Å². The van der Waals surface area contributed by atoms with Crippen LogP contribution in [0.2, 0.25) is 36.3 Å². The molecule has 0 unspecified atom stereocenters. The van der Waals surface area contributed by atoms with Gasteiger partial charge < -0.3 is 23.2 Å². The van der Waals surface area contributed by atoms with Crippen molar-refractivity contribution in [3.05, 3.63) is 89.5 Å². The molecular formula is C42H63NO5Si2. The third kappa shape index (κ3) is 10.3. The first-order valence-corrected chi connectivity index (χ1v) is 24.1. The standard InChI is InChI=1S/C42H63NO5Si2/c1-40(2,3)48-39(44)43-23-22-37(38(43)30-47-50(12,13)42(7,8)9)35-25-32(29-46-49(10,11)41(4,5)6)26-36(27-35)45-28-31-18-17-21-34(24-31)33-19-15-14-16-20-33/h14-21,24-27,37-38H,22-23,28-30H2,1-13H3/t37-,38-/m1/s1. The zero-order valence-electron chi connectivity index (χ0n) is 33.1. The first-order valence-electron chi connectivity index (χ1n) is 18.2. The molecular weight excluding hydrogens is 655 g/mol. The van der Waals surface area contributed by atoms with Crippen LogP contribution in [0.5, 0.6) is 5.75 Å². The maximum absolute atomic E-state index is 13.6. The summed E-state index contributed by atoms with van der Waals surface area (Å²) in [5.74, 6) is 0.866. The maximum atomic E-state index is 13.6. The summed E-state index contributed by atoms with van der Waals surface area (Å²) in [6, 6.07) is 25.4. The van der Waals surface area contributed by atoms with Crippen molar-refractivity contribution < 1.29 is 23.1 Å². The first-order chi connectivity index (χ1) is 23.1. The molecule has 274 valence electrons. The van der Waals surface area contributed by atoms with Crippen molar-refractivity contribution in [3.63, 3.8) is 0 Å². The predicted molar refractivity (Wildman–Crippen MR) is 212 cm³/mol. The van der Waals surface area contributed by atoms with Crippen molar-refractivity contribution in [1.29, 1.82) is 0 Å². The number of benzene rings is 3. The highest BCUT2D eigenvalue weighted by molar-refractivity contribution is 6.74. The predicted octanol–water partition coefficient (Wildman–Crippen LogP) is 11.6. The summed E-state index contributed by atoms with van der Waals surface area (Å²) < 4.78 is 26.1.